The molecule has 2 fully saturated rings. The minimum absolute atomic E-state index is 0.255. The van der Waals surface area contributed by atoms with Gasteiger partial charge in [0.25, 0.3) is 0 Å². The molecule has 5 unspecified atom stereocenters. The number of carboxylic acid groups (broad SMARTS) is 2. The van der Waals surface area contributed by atoms with E-state index < -0.39 is 48.2 Å². The number of aliphatic carboxylic acids is 1. The Hall–Kier alpha value is -2.94. The quantitative estimate of drug-likeness (QED) is 0.533. The second-order valence-electron chi connectivity index (χ2n) is 8.18. The fraction of sp³-hybridized carbons (Fsp3) is 0.545. The Morgan fingerprint density at radius 1 is 1.16 bits per heavy atom. The van der Waals surface area contributed by atoms with E-state index >= 15 is 0 Å². The lowest BCUT2D eigenvalue weighted by Crippen LogP contribution is -2.54. The van der Waals surface area contributed by atoms with E-state index in [9.17, 15) is 24.3 Å². The Bertz CT molecular complexity index is 828. The largest absolute Gasteiger partial charge is 0.507 e. The van der Waals surface area contributed by atoms with E-state index in [1.54, 1.807) is 0 Å². The molecule has 0 spiro atoms. The fourth-order valence-electron chi connectivity index (χ4n) is 4.60. The number of benzene rings is 1. The first-order valence-electron chi connectivity index (χ1n) is 10.6. The lowest BCUT2D eigenvalue weighted by Gasteiger charge is -2.29. The SMILES string of the molecule is CC(NC(CCc1ccccc1)C(=O)O)C(=O)N1C(=O)C2CCCCC2C1OC(=O)O. The van der Waals surface area contributed by atoms with Gasteiger partial charge in [-0.3, -0.25) is 19.7 Å². The van der Waals surface area contributed by atoms with Gasteiger partial charge in [-0.25, -0.2) is 9.69 Å². The van der Waals surface area contributed by atoms with Gasteiger partial charge in [0.05, 0.1) is 6.04 Å². The molecule has 168 valence electrons. The average molecular weight is 432 g/mol. The average Bonchev–Trinajstić information content (AvgIpc) is 3.02. The summed E-state index contributed by atoms with van der Waals surface area (Å²) in [6.07, 6.45) is 0.911. The first-order valence-corrected chi connectivity index (χ1v) is 10.6. The van der Waals surface area contributed by atoms with Gasteiger partial charge in [-0.05, 0) is 38.2 Å². The number of nitrogens with zero attached hydrogens (tertiary/aromatic N) is 1. The van der Waals surface area contributed by atoms with Gasteiger partial charge >= 0.3 is 12.1 Å². The van der Waals surface area contributed by atoms with E-state index in [1.165, 1.54) is 6.92 Å². The summed E-state index contributed by atoms with van der Waals surface area (Å²) in [6, 6.07) is 7.39. The van der Waals surface area contributed by atoms with Crippen LogP contribution in [-0.2, 0) is 25.5 Å². The van der Waals surface area contributed by atoms with Crippen molar-refractivity contribution in [3.05, 3.63) is 35.9 Å². The minimum atomic E-state index is -1.55. The molecule has 0 aromatic heterocycles. The molecule has 1 aliphatic carbocycles. The molecule has 9 heteroatoms. The van der Waals surface area contributed by atoms with Crippen LogP contribution in [0.15, 0.2) is 30.3 Å². The summed E-state index contributed by atoms with van der Waals surface area (Å²) in [4.78, 5) is 49.8. The number of ether oxygens (including phenoxy) is 1. The highest BCUT2D eigenvalue weighted by atomic mass is 16.7. The molecule has 2 amide bonds. The number of likely N-dealkylation sites (tertiary alicyclic amines) is 1. The maximum absolute atomic E-state index is 13.1. The van der Waals surface area contributed by atoms with Crippen LogP contribution in [0.25, 0.3) is 0 Å². The van der Waals surface area contributed by atoms with Crippen molar-refractivity contribution in [1.82, 2.24) is 10.2 Å². The summed E-state index contributed by atoms with van der Waals surface area (Å²) < 4.78 is 4.95. The van der Waals surface area contributed by atoms with Crippen molar-refractivity contribution >= 4 is 23.9 Å². The molecule has 1 aromatic carbocycles. The van der Waals surface area contributed by atoms with E-state index in [0.717, 1.165) is 23.3 Å². The number of carbonyl (C=O) groups is 4. The van der Waals surface area contributed by atoms with Gasteiger partial charge in [0, 0.05) is 11.8 Å². The van der Waals surface area contributed by atoms with Crippen LogP contribution in [0.1, 0.15) is 44.6 Å². The number of rotatable bonds is 8. The van der Waals surface area contributed by atoms with Gasteiger partial charge in [0.1, 0.15) is 6.04 Å². The first-order chi connectivity index (χ1) is 14.8. The number of fused-ring (bicyclic) bond motifs is 1. The standard InChI is InChI=1S/C22H28N2O7/c1-13(23-17(21(27)28)12-11-14-7-3-2-4-8-14)18(25)24-19(26)15-9-5-6-10-16(15)20(24)31-22(29)30/h2-4,7-8,13,15-17,20,23H,5-6,9-12H2,1H3,(H,27,28)(H,29,30). The third-order valence-electron chi connectivity index (χ3n) is 6.14. The summed E-state index contributed by atoms with van der Waals surface area (Å²) in [7, 11) is 0. The maximum Gasteiger partial charge on any atom is 0.507 e. The number of aryl methyl sites for hydroxylation is 1. The van der Waals surface area contributed by atoms with E-state index in [1.807, 2.05) is 30.3 Å². The Labute approximate surface area is 180 Å². The minimum Gasteiger partial charge on any atom is -0.480 e. The summed E-state index contributed by atoms with van der Waals surface area (Å²) in [5.74, 6) is -3.01. The summed E-state index contributed by atoms with van der Waals surface area (Å²) in [5, 5.41) is 21.5. The molecular weight excluding hydrogens is 404 g/mol. The van der Waals surface area contributed by atoms with Crippen molar-refractivity contribution in [3.8, 4) is 0 Å². The van der Waals surface area contributed by atoms with E-state index in [4.69, 9.17) is 9.84 Å². The Morgan fingerprint density at radius 3 is 2.48 bits per heavy atom. The highest BCUT2D eigenvalue weighted by molar-refractivity contribution is 6.01. The summed E-state index contributed by atoms with van der Waals surface area (Å²) >= 11 is 0. The molecule has 31 heavy (non-hydrogen) atoms. The molecule has 1 heterocycles. The molecule has 0 radical (unpaired) electrons. The fourth-order valence-corrected chi connectivity index (χ4v) is 4.60. The normalized spacial score (nSPS) is 24.9. The molecule has 0 bridgehead atoms. The molecule has 9 nitrogen and oxygen atoms in total. The van der Waals surface area contributed by atoms with Gasteiger partial charge in [-0.15, -0.1) is 0 Å². The van der Waals surface area contributed by atoms with E-state index in [0.29, 0.717) is 19.3 Å². The smallest absolute Gasteiger partial charge is 0.480 e. The number of imide groups is 1. The number of carboxylic acids is 1. The molecule has 5 atom stereocenters. The number of amides is 2. The number of carbonyl (C=O) groups excluding carboxylic acids is 2. The van der Waals surface area contributed by atoms with Crippen LogP contribution in [0.4, 0.5) is 4.79 Å². The van der Waals surface area contributed by atoms with Crippen molar-refractivity contribution in [2.75, 3.05) is 0 Å². The van der Waals surface area contributed by atoms with Crippen molar-refractivity contribution < 1.29 is 34.1 Å². The molecule has 1 saturated heterocycles. The molecule has 2 aliphatic rings. The highest BCUT2D eigenvalue weighted by Crippen LogP contribution is 2.42. The Balaban J connectivity index is 1.70. The topological polar surface area (TPSA) is 133 Å². The van der Waals surface area contributed by atoms with Crippen LogP contribution in [-0.4, -0.2) is 57.4 Å². The predicted molar refractivity (Wildman–Crippen MR) is 109 cm³/mol. The van der Waals surface area contributed by atoms with Crippen molar-refractivity contribution in [2.45, 2.75) is 63.8 Å². The van der Waals surface area contributed by atoms with Gasteiger partial charge < -0.3 is 14.9 Å². The third kappa shape index (κ3) is 5.22. The second-order valence-corrected chi connectivity index (χ2v) is 8.18. The monoisotopic (exact) mass is 432 g/mol. The molecule has 1 aromatic rings. The number of nitrogens with one attached hydrogen (secondary N) is 1. The second kappa shape index (κ2) is 9.91. The van der Waals surface area contributed by atoms with Gasteiger partial charge in [0.2, 0.25) is 11.8 Å². The van der Waals surface area contributed by atoms with Gasteiger partial charge in [-0.1, -0.05) is 43.2 Å². The lowest BCUT2D eigenvalue weighted by atomic mass is 9.81. The molecule has 1 aliphatic heterocycles. The van der Waals surface area contributed by atoms with E-state index in [-0.39, 0.29) is 12.3 Å². The highest BCUT2D eigenvalue weighted by Gasteiger charge is 2.53. The number of hydrogen-bond acceptors (Lipinski definition) is 6. The summed E-state index contributed by atoms with van der Waals surface area (Å²) in [6.45, 7) is 1.48. The van der Waals surface area contributed by atoms with Crippen LogP contribution >= 0.6 is 0 Å². The zero-order valence-electron chi connectivity index (χ0n) is 17.4. The molecule has 1 saturated carbocycles. The zero-order chi connectivity index (χ0) is 22.5. The Kier molecular flexibility index (Phi) is 7.27. The molecular formula is C22H28N2O7. The van der Waals surface area contributed by atoms with Crippen LogP contribution < -0.4 is 5.32 Å². The van der Waals surface area contributed by atoms with Crippen molar-refractivity contribution in [3.63, 3.8) is 0 Å². The summed E-state index contributed by atoms with van der Waals surface area (Å²) in [5.41, 5.74) is 0.975. The first kappa shape index (κ1) is 22.7. The van der Waals surface area contributed by atoms with E-state index in [2.05, 4.69) is 5.32 Å². The lowest BCUT2D eigenvalue weighted by molar-refractivity contribution is -0.153. The third-order valence-corrected chi connectivity index (χ3v) is 6.14. The molecule has 3 N–H and O–H groups in total. The van der Waals surface area contributed by atoms with Crippen LogP contribution in [0.3, 0.4) is 0 Å². The Morgan fingerprint density at radius 2 is 1.84 bits per heavy atom. The van der Waals surface area contributed by atoms with Gasteiger partial charge in [-0.2, -0.15) is 0 Å². The van der Waals surface area contributed by atoms with Crippen molar-refractivity contribution in [2.24, 2.45) is 11.8 Å². The van der Waals surface area contributed by atoms with Crippen LogP contribution in [0.5, 0.6) is 0 Å². The van der Waals surface area contributed by atoms with Crippen LogP contribution in [0, 0.1) is 11.8 Å². The zero-order valence-corrected chi connectivity index (χ0v) is 17.4. The predicted octanol–water partition coefficient (Wildman–Crippen LogP) is 2.25. The van der Waals surface area contributed by atoms with Crippen molar-refractivity contribution in [1.29, 1.82) is 0 Å². The van der Waals surface area contributed by atoms with Crippen LogP contribution in [0.2, 0.25) is 0 Å². The van der Waals surface area contributed by atoms with Gasteiger partial charge in [0.15, 0.2) is 6.23 Å². The maximum atomic E-state index is 13.1. The number of hydrogen-bond donors (Lipinski definition) is 3. The molecule has 3 rings (SSSR count).